The van der Waals surface area contributed by atoms with Gasteiger partial charge < -0.3 is 4.74 Å². The van der Waals surface area contributed by atoms with Gasteiger partial charge in [-0.05, 0) is 97.4 Å². The van der Waals surface area contributed by atoms with Gasteiger partial charge in [-0.15, -0.1) is 0 Å². The first-order chi connectivity index (χ1) is 19.2. The van der Waals surface area contributed by atoms with Crippen molar-refractivity contribution in [2.45, 2.75) is 91.4 Å². The molecule has 1 unspecified atom stereocenters. The summed E-state index contributed by atoms with van der Waals surface area (Å²) in [6, 6.07) is 15.5. The molecule has 1 aromatic heterocycles. The first kappa shape index (κ1) is 29.6. The van der Waals surface area contributed by atoms with E-state index in [4.69, 9.17) is 4.74 Å². The van der Waals surface area contributed by atoms with Crippen LogP contribution >= 0.6 is 0 Å². The quantitative estimate of drug-likeness (QED) is 0.340. The monoisotopic (exact) mass is 575 g/mol. The van der Waals surface area contributed by atoms with Crippen LogP contribution in [0.3, 0.4) is 0 Å². The summed E-state index contributed by atoms with van der Waals surface area (Å²) < 4.78 is 36.6. The SMILES string of the molecule is Cc1cccc(C)c1-c1cc2nc(n1)NS(=O)(=O)c1cccc(c1)C(C1CCC(C)(C)CC1)[C@H](CC(C)(C)C)CO2. The maximum Gasteiger partial charge on any atom is 0.264 e. The fourth-order valence-corrected chi connectivity index (χ4v) is 7.94. The highest BCUT2D eigenvalue weighted by molar-refractivity contribution is 7.92. The number of nitrogens with zero attached hydrogens (tertiary/aromatic N) is 2. The van der Waals surface area contributed by atoms with E-state index in [-0.39, 0.29) is 28.1 Å². The summed E-state index contributed by atoms with van der Waals surface area (Å²) in [5.41, 5.74) is 5.22. The van der Waals surface area contributed by atoms with Gasteiger partial charge in [0.2, 0.25) is 11.8 Å². The lowest BCUT2D eigenvalue weighted by Crippen LogP contribution is -2.33. The predicted molar refractivity (Wildman–Crippen MR) is 166 cm³/mol. The Morgan fingerprint density at radius 1 is 0.976 bits per heavy atom. The number of hydrogen-bond acceptors (Lipinski definition) is 5. The van der Waals surface area contributed by atoms with Gasteiger partial charge in [-0.1, -0.05) is 65.0 Å². The Bertz CT molecular complexity index is 1490. The van der Waals surface area contributed by atoms with Gasteiger partial charge in [0.1, 0.15) is 0 Å². The zero-order valence-corrected chi connectivity index (χ0v) is 26.4. The number of fused-ring (bicyclic) bond motifs is 4. The maximum atomic E-state index is 13.7. The average Bonchev–Trinajstić information content (AvgIpc) is 2.87. The number of aromatic nitrogens is 2. The van der Waals surface area contributed by atoms with Gasteiger partial charge in [0.25, 0.3) is 10.0 Å². The van der Waals surface area contributed by atoms with E-state index in [1.54, 1.807) is 6.07 Å². The van der Waals surface area contributed by atoms with Crippen molar-refractivity contribution in [3.8, 4) is 17.1 Å². The molecule has 1 saturated carbocycles. The van der Waals surface area contributed by atoms with E-state index in [1.807, 2.05) is 50.2 Å². The molecule has 0 saturated heterocycles. The van der Waals surface area contributed by atoms with Gasteiger partial charge in [0.15, 0.2) is 0 Å². The lowest BCUT2D eigenvalue weighted by Gasteiger charge is -2.42. The summed E-state index contributed by atoms with van der Waals surface area (Å²) in [5.74, 6) is 1.23. The van der Waals surface area contributed by atoms with E-state index >= 15 is 0 Å². The number of sulfonamides is 1. The van der Waals surface area contributed by atoms with Crippen LogP contribution in [0.2, 0.25) is 0 Å². The molecule has 6 nitrogen and oxygen atoms in total. The number of rotatable bonds is 3. The van der Waals surface area contributed by atoms with E-state index in [1.165, 1.54) is 12.8 Å². The molecular weight excluding hydrogens is 530 g/mol. The second kappa shape index (κ2) is 11.0. The fourth-order valence-electron chi connectivity index (χ4n) is 6.94. The standard InChI is InChI=1S/C34H45N3O3S/c1-22-10-8-11-23(2)30(22)28-19-29-36-32(35-28)37-41(38,39)27-13-9-12-25(18-27)31(24-14-16-34(6,7)17-15-24)26(21-40-29)20-33(3,4)5/h8-13,18-19,24,26,31H,14-17,20-21H2,1-7H3,(H,35,36,37)/t26-,31?/m1/s1. The molecule has 0 radical (unpaired) electrons. The zero-order valence-electron chi connectivity index (χ0n) is 25.6. The minimum absolute atomic E-state index is 0.0181. The smallest absolute Gasteiger partial charge is 0.264 e. The molecule has 2 heterocycles. The van der Waals surface area contributed by atoms with E-state index in [9.17, 15) is 8.42 Å². The number of anilines is 1. The highest BCUT2D eigenvalue weighted by Gasteiger charge is 2.38. The fraction of sp³-hybridized carbons (Fsp3) is 0.529. The molecule has 4 bridgehead atoms. The Labute approximate surface area is 246 Å². The zero-order chi connectivity index (χ0) is 29.6. The number of ether oxygens (including phenoxy) is 1. The van der Waals surface area contributed by atoms with Crippen molar-refractivity contribution < 1.29 is 13.2 Å². The molecule has 7 heteroatoms. The van der Waals surface area contributed by atoms with E-state index in [2.05, 4.69) is 55.4 Å². The maximum absolute atomic E-state index is 13.7. The molecule has 1 fully saturated rings. The molecule has 220 valence electrons. The minimum atomic E-state index is -3.92. The third kappa shape index (κ3) is 6.77. The summed E-state index contributed by atoms with van der Waals surface area (Å²) in [6.07, 6.45) is 5.55. The van der Waals surface area contributed by atoms with Crippen molar-refractivity contribution in [3.63, 3.8) is 0 Å². The number of nitrogens with one attached hydrogen (secondary N) is 1. The molecule has 1 aliphatic carbocycles. The van der Waals surface area contributed by atoms with Crippen LogP contribution in [0, 0.1) is 36.5 Å². The Hall–Kier alpha value is -2.93. The van der Waals surface area contributed by atoms with Crippen LogP contribution in [0.1, 0.15) is 89.3 Å². The molecular formula is C34H45N3O3S. The summed E-state index contributed by atoms with van der Waals surface area (Å²) >= 11 is 0. The summed E-state index contributed by atoms with van der Waals surface area (Å²) in [4.78, 5) is 9.45. The number of benzene rings is 2. The van der Waals surface area contributed by atoms with Crippen molar-refractivity contribution >= 4 is 16.0 Å². The first-order valence-electron chi connectivity index (χ1n) is 14.9. The molecule has 2 atom stereocenters. The third-order valence-corrected chi connectivity index (χ3v) is 10.3. The van der Waals surface area contributed by atoms with Crippen LogP contribution in [-0.4, -0.2) is 25.0 Å². The van der Waals surface area contributed by atoms with Crippen LogP contribution in [0.4, 0.5) is 5.95 Å². The topological polar surface area (TPSA) is 81.2 Å². The van der Waals surface area contributed by atoms with E-state index < -0.39 is 10.0 Å². The van der Waals surface area contributed by atoms with Crippen LogP contribution in [0.25, 0.3) is 11.3 Å². The molecule has 0 spiro atoms. The van der Waals surface area contributed by atoms with Gasteiger partial charge in [0, 0.05) is 17.5 Å². The number of hydrogen-bond donors (Lipinski definition) is 1. The van der Waals surface area contributed by atoms with Crippen LogP contribution in [-0.2, 0) is 10.0 Å². The highest BCUT2D eigenvalue weighted by atomic mass is 32.2. The Morgan fingerprint density at radius 2 is 1.63 bits per heavy atom. The first-order valence-corrected chi connectivity index (χ1v) is 16.4. The van der Waals surface area contributed by atoms with Gasteiger partial charge >= 0.3 is 0 Å². The highest BCUT2D eigenvalue weighted by Crippen LogP contribution is 2.49. The molecule has 1 aliphatic heterocycles. The lowest BCUT2D eigenvalue weighted by atomic mass is 9.63. The van der Waals surface area contributed by atoms with Crippen molar-refractivity contribution in [3.05, 3.63) is 65.2 Å². The van der Waals surface area contributed by atoms with E-state index in [0.29, 0.717) is 29.5 Å². The number of aryl methyl sites for hydroxylation is 2. The Morgan fingerprint density at radius 3 is 2.29 bits per heavy atom. The van der Waals surface area contributed by atoms with Gasteiger partial charge in [-0.3, -0.25) is 0 Å². The predicted octanol–water partition coefficient (Wildman–Crippen LogP) is 8.31. The van der Waals surface area contributed by atoms with Crippen molar-refractivity contribution in [2.24, 2.45) is 22.7 Å². The molecule has 5 rings (SSSR count). The molecule has 2 aromatic carbocycles. The van der Waals surface area contributed by atoms with Gasteiger partial charge in [-0.2, -0.15) is 4.98 Å². The average molecular weight is 576 g/mol. The molecule has 41 heavy (non-hydrogen) atoms. The Balaban J connectivity index is 1.65. The van der Waals surface area contributed by atoms with Crippen LogP contribution in [0.15, 0.2) is 53.4 Å². The minimum Gasteiger partial charge on any atom is -0.477 e. The van der Waals surface area contributed by atoms with E-state index in [0.717, 1.165) is 41.5 Å². The van der Waals surface area contributed by atoms with Crippen molar-refractivity contribution in [1.82, 2.24) is 9.97 Å². The van der Waals surface area contributed by atoms with Crippen LogP contribution < -0.4 is 9.46 Å². The second-order valence-electron chi connectivity index (χ2n) is 14.2. The van der Waals surface area contributed by atoms with Gasteiger partial charge in [-0.25, -0.2) is 18.1 Å². The van der Waals surface area contributed by atoms with Crippen molar-refractivity contribution in [1.29, 1.82) is 0 Å². The van der Waals surface area contributed by atoms with Gasteiger partial charge in [0.05, 0.1) is 17.2 Å². The molecule has 2 aliphatic rings. The summed E-state index contributed by atoms with van der Waals surface area (Å²) in [5, 5.41) is 0. The third-order valence-electron chi connectivity index (χ3n) is 8.94. The van der Waals surface area contributed by atoms with Crippen molar-refractivity contribution in [2.75, 3.05) is 11.3 Å². The Kier molecular flexibility index (Phi) is 7.97. The van der Waals surface area contributed by atoms with Crippen LogP contribution in [0.5, 0.6) is 5.88 Å². The second-order valence-corrected chi connectivity index (χ2v) is 15.9. The normalized spacial score (nSPS) is 22.5. The molecule has 1 N–H and O–H groups in total. The lowest BCUT2D eigenvalue weighted by molar-refractivity contribution is 0.104. The largest absolute Gasteiger partial charge is 0.477 e. The summed E-state index contributed by atoms with van der Waals surface area (Å²) in [6.45, 7) is 16.1. The molecule has 0 amide bonds. The molecule has 3 aromatic rings. The summed E-state index contributed by atoms with van der Waals surface area (Å²) in [7, 11) is -3.92.